The summed E-state index contributed by atoms with van der Waals surface area (Å²) >= 11 is 0. The fourth-order valence-corrected chi connectivity index (χ4v) is 5.45. The van der Waals surface area contributed by atoms with Crippen molar-refractivity contribution in [1.82, 2.24) is 14.5 Å². The molecule has 44 heavy (non-hydrogen) atoms. The van der Waals surface area contributed by atoms with Crippen molar-refractivity contribution < 1.29 is 36.3 Å². The normalized spacial score (nSPS) is 13.0. The van der Waals surface area contributed by atoms with Gasteiger partial charge in [0, 0.05) is 45.7 Å². The number of nitrogens with one attached hydrogen (secondary N) is 1. The highest BCUT2D eigenvalue weighted by Crippen LogP contribution is 2.22. The fraction of sp³-hybridized carbons (Fsp3) is 0.323. The van der Waals surface area contributed by atoms with E-state index in [0.717, 1.165) is 47.6 Å². The standard InChI is InChI=1S/C29H34N4O3S.C2HF3O2/c1-32(22-18-23-10-12-26(13-11-23)29-30-19-20-31-29)28(34)9-6-21-33(2)37(35,36)27-16-14-25(15-17-27)24-7-4-3-5-8-24;3-2(4,5)1(6)7/h3-5,7-8,10-17H,6,9,18-22H2,1-2H3,(H,30,31);(H,6,7). The average molecular weight is 633 g/mol. The van der Waals surface area contributed by atoms with Crippen LogP contribution in [0.2, 0.25) is 0 Å². The van der Waals surface area contributed by atoms with Gasteiger partial charge in [-0.25, -0.2) is 17.5 Å². The van der Waals surface area contributed by atoms with Gasteiger partial charge in [0.05, 0.1) is 11.4 Å². The molecule has 0 unspecified atom stereocenters. The predicted octanol–water partition coefficient (Wildman–Crippen LogP) is 4.44. The molecule has 236 valence electrons. The van der Waals surface area contributed by atoms with Gasteiger partial charge in [0.1, 0.15) is 5.84 Å². The molecule has 1 amide bonds. The van der Waals surface area contributed by atoms with Crippen molar-refractivity contribution in [1.29, 1.82) is 0 Å². The number of rotatable bonds is 11. The number of benzene rings is 3. The van der Waals surface area contributed by atoms with Gasteiger partial charge in [-0.2, -0.15) is 13.2 Å². The molecule has 0 bridgehead atoms. The Bertz CT molecular complexity index is 1530. The SMILES string of the molecule is CN(CCc1ccc(C2=NCCN2)cc1)C(=O)CCCN(C)S(=O)(=O)c1ccc(-c2ccccc2)cc1.O=C(O)C(F)(F)F. The zero-order chi connectivity index (χ0) is 32.3. The predicted molar refractivity (Wildman–Crippen MR) is 162 cm³/mol. The summed E-state index contributed by atoms with van der Waals surface area (Å²) < 4.78 is 59.0. The zero-order valence-electron chi connectivity index (χ0n) is 24.4. The van der Waals surface area contributed by atoms with E-state index >= 15 is 0 Å². The molecule has 1 aliphatic rings. The first kappa shape index (κ1) is 34.3. The van der Waals surface area contributed by atoms with Gasteiger partial charge in [0.2, 0.25) is 15.9 Å². The number of halogens is 3. The largest absolute Gasteiger partial charge is 0.490 e. The highest BCUT2D eigenvalue weighted by Gasteiger charge is 2.38. The van der Waals surface area contributed by atoms with Gasteiger partial charge in [-0.05, 0) is 41.7 Å². The number of amidine groups is 1. The van der Waals surface area contributed by atoms with Crippen LogP contribution < -0.4 is 5.32 Å². The molecule has 0 saturated carbocycles. The van der Waals surface area contributed by atoms with Gasteiger partial charge in [-0.15, -0.1) is 0 Å². The summed E-state index contributed by atoms with van der Waals surface area (Å²) in [6.07, 6.45) is -3.56. The van der Waals surface area contributed by atoms with E-state index in [1.165, 1.54) is 4.31 Å². The minimum absolute atomic E-state index is 0.0131. The van der Waals surface area contributed by atoms with Crippen LogP contribution in [-0.4, -0.2) is 86.9 Å². The molecule has 0 fully saturated rings. The molecule has 2 N–H and O–H groups in total. The van der Waals surface area contributed by atoms with E-state index in [2.05, 4.69) is 34.6 Å². The number of hydrogen-bond donors (Lipinski definition) is 2. The van der Waals surface area contributed by atoms with Gasteiger partial charge < -0.3 is 15.3 Å². The Hall–Kier alpha value is -4.23. The maximum atomic E-state index is 13.0. The van der Waals surface area contributed by atoms with Gasteiger partial charge in [0.15, 0.2) is 0 Å². The number of hydrogen-bond acceptors (Lipinski definition) is 6. The van der Waals surface area contributed by atoms with Gasteiger partial charge >= 0.3 is 12.1 Å². The molecule has 13 heteroatoms. The Morgan fingerprint density at radius 2 is 1.45 bits per heavy atom. The first-order valence-corrected chi connectivity index (χ1v) is 15.3. The number of aliphatic imine (C=N–C) groups is 1. The summed E-state index contributed by atoms with van der Waals surface area (Å²) in [6.45, 7) is 2.59. The van der Waals surface area contributed by atoms with E-state index in [-0.39, 0.29) is 17.3 Å². The second-order valence-corrected chi connectivity index (χ2v) is 12.1. The van der Waals surface area contributed by atoms with Crippen LogP contribution in [0.25, 0.3) is 11.1 Å². The van der Waals surface area contributed by atoms with Crippen LogP contribution in [0.1, 0.15) is 24.0 Å². The lowest BCUT2D eigenvalue weighted by molar-refractivity contribution is -0.192. The molecule has 3 aromatic carbocycles. The van der Waals surface area contributed by atoms with Crippen LogP contribution in [0.4, 0.5) is 13.2 Å². The third-order valence-electron chi connectivity index (χ3n) is 6.84. The number of alkyl halides is 3. The van der Waals surface area contributed by atoms with E-state index in [1.807, 2.05) is 42.5 Å². The number of aliphatic carboxylic acids is 1. The third kappa shape index (κ3) is 9.91. The van der Waals surface area contributed by atoms with Crippen LogP contribution in [0.5, 0.6) is 0 Å². The maximum absolute atomic E-state index is 13.0. The Morgan fingerprint density at radius 1 is 0.886 bits per heavy atom. The third-order valence-corrected chi connectivity index (χ3v) is 8.71. The topological polar surface area (TPSA) is 119 Å². The molecule has 1 heterocycles. The van der Waals surface area contributed by atoms with E-state index < -0.39 is 22.2 Å². The molecular formula is C31H35F3N4O5S. The Kier molecular flexibility index (Phi) is 12.1. The van der Waals surface area contributed by atoms with Crippen molar-refractivity contribution in [3.05, 3.63) is 90.0 Å². The molecular weight excluding hydrogens is 597 g/mol. The van der Waals surface area contributed by atoms with E-state index in [4.69, 9.17) is 9.90 Å². The van der Waals surface area contributed by atoms with E-state index in [1.54, 1.807) is 31.1 Å². The van der Waals surface area contributed by atoms with Crippen molar-refractivity contribution in [2.75, 3.05) is 40.3 Å². The monoisotopic (exact) mass is 632 g/mol. The summed E-state index contributed by atoms with van der Waals surface area (Å²) in [5.74, 6) is -1.80. The first-order valence-electron chi connectivity index (χ1n) is 13.8. The molecule has 0 saturated heterocycles. The number of amides is 1. The number of carboxylic acid groups (broad SMARTS) is 1. The first-order chi connectivity index (χ1) is 20.8. The molecule has 1 aliphatic heterocycles. The number of likely N-dealkylation sites (N-methyl/N-ethyl adjacent to an activating group) is 1. The molecule has 0 aromatic heterocycles. The quantitative estimate of drug-likeness (QED) is 0.323. The lowest BCUT2D eigenvalue weighted by atomic mass is 10.1. The number of sulfonamides is 1. The second-order valence-electron chi connectivity index (χ2n) is 10.0. The van der Waals surface area contributed by atoms with E-state index in [0.29, 0.717) is 19.4 Å². The summed E-state index contributed by atoms with van der Waals surface area (Å²) in [5, 5.41) is 10.4. The van der Waals surface area contributed by atoms with Gasteiger partial charge in [-0.3, -0.25) is 9.79 Å². The molecule has 0 spiro atoms. The molecule has 0 atom stereocenters. The Balaban J connectivity index is 0.000000676. The van der Waals surface area contributed by atoms with Crippen molar-refractivity contribution in [3.8, 4) is 11.1 Å². The van der Waals surface area contributed by atoms with Crippen LogP contribution in [-0.2, 0) is 26.0 Å². The lowest BCUT2D eigenvalue weighted by Gasteiger charge is -2.20. The van der Waals surface area contributed by atoms with Crippen LogP contribution in [0, 0.1) is 0 Å². The highest BCUT2D eigenvalue weighted by molar-refractivity contribution is 7.89. The minimum Gasteiger partial charge on any atom is -0.475 e. The van der Waals surface area contributed by atoms with Gasteiger partial charge in [0.25, 0.3) is 0 Å². The van der Waals surface area contributed by atoms with Crippen LogP contribution >= 0.6 is 0 Å². The summed E-state index contributed by atoms with van der Waals surface area (Å²) in [7, 11) is -0.262. The van der Waals surface area contributed by atoms with Crippen molar-refractivity contribution >= 4 is 27.7 Å². The lowest BCUT2D eigenvalue weighted by Crippen LogP contribution is -2.31. The Morgan fingerprint density at radius 3 is 2.00 bits per heavy atom. The molecule has 0 aliphatic carbocycles. The van der Waals surface area contributed by atoms with Crippen molar-refractivity contribution in [2.45, 2.75) is 30.3 Å². The molecule has 4 rings (SSSR count). The van der Waals surface area contributed by atoms with Crippen molar-refractivity contribution in [2.24, 2.45) is 4.99 Å². The average Bonchev–Trinajstić information content (AvgIpc) is 3.55. The summed E-state index contributed by atoms with van der Waals surface area (Å²) in [6, 6.07) is 25.0. The Labute approximate surface area is 255 Å². The fourth-order valence-electron chi connectivity index (χ4n) is 4.24. The van der Waals surface area contributed by atoms with Gasteiger partial charge in [-0.1, -0.05) is 66.7 Å². The maximum Gasteiger partial charge on any atom is 0.490 e. The smallest absolute Gasteiger partial charge is 0.475 e. The number of carbonyl (C=O) groups excluding carboxylic acids is 1. The molecule has 3 aromatic rings. The summed E-state index contributed by atoms with van der Waals surface area (Å²) in [4.78, 5) is 27.9. The van der Waals surface area contributed by atoms with Crippen molar-refractivity contribution in [3.63, 3.8) is 0 Å². The zero-order valence-corrected chi connectivity index (χ0v) is 25.2. The highest BCUT2D eigenvalue weighted by atomic mass is 32.2. The van der Waals surface area contributed by atoms with E-state index in [9.17, 15) is 26.4 Å². The second kappa shape index (κ2) is 15.5. The number of carboxylic acids is 1. The molecule has 9 nitrogen and oxygen atoms in total. The summed E-state index contributed by atoms with van der Waals surface area (Å²) in [5.41, 5.74) is 4.24. The van der Waals surface area contributed by atoms with Crippen LogP contribution in [0.3, 0.4) is 0 Å². The van der Waals surface area contributed by atoms with Crippen LogP contribution in [0.15, 0.2) is 88.8 Å². The number of nitrogens with zero attached hydrogens (tertiary/aromatic N) is 3. The molecule has 0 radical (unpaired) electrons. The number of carbonyl (C=O) groups is 2. The minimum atomic E-state index is -5.08.